The standard InChI is InChI=1S/C44H80N6O7.H2/c1-4-5-6-7-8-9-10-11-12-13-14-15-16-17-18-19-20-24-41(53)49-26-27-56-28-29-57-34-42(54)48-25-22-21-23-36(43(46)55)30-40(52)44(2,3)32-39(51)38(45)31-37-33-47-35-50-37;/h33,35-36,38H,4-32,34,45H2,1-3H3,(H2,46,55)(H,47,50)(H,48,54)(H,49,53);1H/t36-,38+;/m1./s1. The number of carbonyl (C=O) groups excluding carboxylic acids is 5. The summed E-state index contributed by atoms with van der Waals surface area (Å²) in [5, 5.41) is 5.68. The lowest BCUT2D eigenvalue weighted by Crippen LogP contribution is -2.39. The third kappa shape index (κ3) is 28.8. The Morgan fingerprint density at radius 3 is 1.88 bits per heavy atom. The molecule has 3 amide bonds. The van der Waals surface area contributed by atoms with Crippen molar-refractivity contribution in [1.29, 1.82) is 0 Å². The normalized spacial score (nSPS) is 12.6. The first-order valence-corrected chi connectivity index (χ1v) is 22.2. The van der Waals surface area contributed by atoms with Gasteiger partial charge in [-0.25, -0.2) is 4.98 Å². The molecule has 0 aromatic carbocycles. The molecule has 330 valence electrons. The van der Waals surface area contributed by atoms with E-state index >= 15 is 0 Å². The topological polar surface area (TPSA) is 209 Å². The molecule has 1 rings (SSSR count). The molecule has 7 N–H and O–H groups in total. The quantitative estimate of drug-likeness (QED) is 0.0430. The van der Waals surface area contributed by atoms with Gasteiger partial charge in [-0.2, -0.15) is 0 Å². The highest BCUT2D eigenvalue weighted by molar-refractivity contribution is 5.94. The van der Waals surface area contributed by atoms with Crippen LogP contribution in [0.1, 0.15) is 176 Å². The fraction of sp³-hybridized carbons (Fsp3) is 0.818. The Balaban J connectivity index is 0.0000325. The van der Waals surface area contributed by atoms with Crippen molar-refractivity contribution in [2.45, 2.75) is 181 Å². The SMILES string of the molecule is CCCCCCCCCCCCCCCCCCCC(=O)NCCOCCOCC(=O)NCCCC[C@H](CC(=O)C(C)(C)CC(=O)[C@@H](N)Cc1cnc[nH]1)C(N)=O.[HH]. The third-order valence-electron chi connectivity index (χ3n) is 10.6. The first-order chi connectivity index (χ1) is 27.5. The summed E-state index contributed by atoms with van der Waals surface area (Å²) >= 11 is 0. The molecule has 0 spiro atoms. The Labute approximate surface area is 345 Å². The predicted octanol–water partition coefficient (Wildman–Crippen LogP) is 7.05. The number of ketones is 2. The molecule has 0 aliphatic heterocycles. The van der Waals surface area contributed by atoms with E-state index in [-0.39, 0.29) is 50.9 Å². The van der Waals surface area contributed by atoms with E-state index in [4.69, 9.17) is 20.9 Å². The number of H-pyrrole nitrogens is 1. The highest BCUT2D eigenvalue weighted by atomic mass is 16.5. The fourth-order valence-corrected chi connectivity index (χ4v) is 6.80. The third-order valence-corrected chi connectivity index (χ3v) is 10.6. The molecule has 0 radical (unpaired) electrons. The van der Waals surface area contributed by atoms with E-state index in [1.807, 2.05) is 0 Å². The van der Waals surface area contributed by atoms with Crippen LogP contribution in [0.2, 0.25) is 0 Å². The van der Waals surface area contributed by atoms with Gasteiger partial charge in [-0.05, 0) is 19.3 Å². The lowest BCUT2D eigenvalue weighted by Gasteiger charge is -2.25. The van der Waals surface area contributed by atoms with Gasteiger partial charge in [0.1, 0.15) is 12.4 Å². The van der Waals surface area contributed by atoms with Crippen molar-refractivity contribution in [3.63, 3.8) is 0 Å². The smallest absolute Gasteiger partial charge is 0.245 e. The fourth-order valence-electron chi connectivity index (χ4n) is 6.80. The van der Waals surface area contributed by atoms with Crippen molar-refractivity contribution in [3.8, 4) is 0 Å². The van der Waals surface area contributed by atoms with E-state index < -0.39 is 23.3 Å². The van der Waals surface area contributed by atoms with E-state index in [0.717, 1.165) is 18.5 Å². The van der Waals surface area contributed by atoms with Crippen LogP contribution in [0.5, 0.6) is 0 Å². The van der Waals surface area contributed by atoms with Gasteiger partial charge in [-0.15, -0.1) is 0 Å². The van der Waals surface area contributed by atoms with Crippen molar-refractivity contribution < 1.29 is 34.9 Å². The largest absolute Gasteiger partial charge is 0.377 e. The lowest BCUT2D eigenvalue weighted by molar-refractivity contribution is -0.135. The molecule has 0 saturated carbocycles. The number of amides is 3. The van der Waals surface area contributed by atoms with E-state index in [1.165, 1.54) is 103 Å². The lowest BCUT2D eigenvalue weighted by atomic mass is 9.77. The molecule has 57 heavy (non-hydrogen) atoms. The number of Topliss-reactive ketones (excluding diaryl/α,β-unsaturated/α-hetero) is 2. The van der Waals surface area contributed by atoms with E-state index in [0.29, 0.717) is 58.4 Å². The maximum absolute atomic E-state index is 13.1. The van der Waals surface area contributed by atoms with Gasteiger partial charge in [0.05, 0.1) is 32.2 Å². The molecule has 13 nitrogen and oxygen atoms in total. The Morgan fingerprint density at radius 2 is 1.32 bits per heavy atom. The minimum absolute atomic E-state index is 0. The Morgan fingerprint density at radius 1 is 0.754 bits per heavy atom. The molecule has 0 bridgehead atoms. The van der Waals surface area contributed by atoms with Crippen LogP contribution in [-0.4, -0.2) is 84.8 Å². The summed E-state index contributed by atoms with van der Waals surface area (Å²) in [6.07, 6.45) is 27.9. The van der Waals surface area contributed by atoms with Gasteiger partial charge in [0, 0.05) is 63.4 Å². The summed E-state index contributed by atoms with van der Waals surface area (Å²) < 4.78 is 10.9. The molecule has 0 saturated heterocycles. The molecular weight excluding hydrogens is 725 g/mol. The van der Waals surface area contributed by atoms with Crippen LogP contribution in [0, 0.1) is 11.3 Å². The monoisotopic (exact) mass is 807 g/mol. The first-order valence-electron chi connectivity index (χ1n) is 22.2. The number of imidazole rings is 1. The number of primary amides is 1. The van der Waals surface area contributed by atoms with Crippen molar-refractivity contribution >= 4 is 29.3 Å². The molecule has 0 unspecified atom stereocenters. The van der Waals surface area contributed by atoms with Crippen molar-refractivity contribution in [2.24, 2.45) is 22.8 Å². The van der Waals surface area contributed by atoms with Crippen molar-refractivity contribution in [2.75, 3.05) is 39.5 Å². The number of aromatic amines is 1. The van der Waals surface area contributed by atoms with E-state index in [2.05, 4.69) is 27.5 Å². The molecule has 1 heterocycles. The number of aromatic nitrogens is 2. The number of hydrogen-bond acceptors (Lipinski definition) is 9. The molecule has 2 atom stereocenters. The number of carbonyl (C=O) groups is 5. The van der Waals surface area contributed by atoms with Gasteiger partial charge >= 0.3 is 0 Å². The Kier molecular flexibility index (Phi) is 30.7. The van der Waals surface area contributed by atoms with Gasteiger partial charge in [0.25, 0.3) is 0 Å². The van der Waals surface area contributed by atoms with Crippen LogP contribution < -0.4 is 22.1 Å². The zero-order valence-corrected chi connectivity index (χ0v) is 36.0. The summed E-state index contributed by atoms with van der Waals surface area (Å²) in [6, 6.07) is -0.767. The van der Waals surface area contributed by atoms with Crippen LogP contribution in [-0.2, 0) is 39.9 Å². The Hall–Kier alpha value is -3.16. The average Bonchev–Trinajstić information content (AvgIpc) is 3.69. The second kappa shape index (κ2) is 33.8. The number of nitrogens with two attached hydrogens (primary N) is 2. The van der Waals surface area contributed by atoms with Crippen LogP contribution >= 0.6 is 0 Å². The molecule has 0 aliphatic rings. The van der Waals surface area contributed by atoms with Gasteiger partial charge in [-0.3, -0.25) is 24.0 Å². The number of nitrogens with one attached hydrogen (secondary N) is 3. The van der Waals surface area contributed by atoms with Crippen LogP contribution in [0.25, 0.3) is 0 Å². The average molecular weight is 807 g/mol. The molecule has 0 fully saturated rings. The van der Waals surface area contributed by atoms with Crippen LogP contribution in [0.4, 0.5) is 0 Å². The highest BCUT2D eigenvalue weighted by Gasteiger charge is 2.34. The maximum atomic E-state index is 13.1. The molecular formula is C44H82N6O7. The van der Waals surface area contributed by atoms with Crippen LogP contribution in [0.15, 0.2) is 12.5 Å². The summed E-state index contributed by atoms with van der Waals surface area (Å²) in [4.78, 5) is 68.9. The summed E-state index contributed by atoms with van der Waals surface area (Å²) in [6.45, 7) is 7.33. The zero-order chi connectivity index (χ0) is 42.0. The number of unbranched alkanes of at least 4 members (excludes halogenated alkanes) is 17. The first kappa shape index (κ1) is 51.9. The summed E-state index contributed by atoms with van der Waals surface area (Å²) in [5.74, 6) is -1.89. The van der Waals surface area contributed by atoms with E-state index in [1.54, 1.807) is 20.0 Å². The number of nitrogens with zero attached hydrogens (tertiary/aromatic N) is 1. The highest BCUT2D eigenvalue weighted by Crippen LogP contribution is 2.28. The second-order valence-electron chi connectivity index (χ2n) is 16.4. The van der Waals surface area contributed by atoms with Gasteiger partial charge in [0.2, 0.25) is 17.7 Å². The van der Waals surface area contributed by atoms with Crippen molar-refractivity contribution in [3.05, 3.63) is 18.2 Å². The number of hydrogen-bond donors (Lipinski definition) is 5. The second-order valence-corrected chi connectivity index (χ2v) is 16.4. The minimum Gasteiger partial charge on any atom is -0.377 e. The minimum atomic E-state index is -0.990. The van der Waals surface area contributed by atoms with Crippen molar-refractivity contribution in [1.82, 2.24) is 20.6 Å². The van der Waals surface area contributed by atoms with Gasteiger partial charge in [-0.1, -0.05) is 130 Å². The summed E-state index contributed by atoms with van der Waals surface area (Å²) in [7, 11) is 0. The Bertz CT molecular complexity index is 1220. The van der Waals surface area contributed by atoms with Gasteiger partial charge in [0.15, 0.2) is 5.78 Å². The predicted molar refractivity (Wildman–Crippen MR) is 228 cm³/mol. The number of rotatable bonds is 40. The molecule has 0 aliphatic carbocycles. The molecule has 13 heteroatoms. The summed E-state index contributed by atoms with van der Waals surface area (Å²) in [5.41, 5.74) is 11.4. The van der Waals surface area contributed by atoms with Crippen LogP contribution in [0.3, 0.4) is 0 Å². The maximum Gasteiger partial charge on any atom is 0.245 e. The zero-order valence-electron chi connectivity index (χ0n) is 36.0. The van der Waals surface area contributed by atoms with Gasteiger partial charge < -0.3 is 36.6 Å². The molecule has 1 aromatic heterocycles. The van der Waals surface area contributed by atoms with E-state index in [9.17, 15) is 24.0 Å². The molecule has 1 aromatic rings. The number of ether oxygens (including phenoxy) is 2.